The zero-order valence-corrected chi connectivity index (χ0v) is 6.73. The Morgan fingerprint density at radius 3 is 3.36 bits per heavy atom. The maximum atomic E-state index is 5.16. The van der Waals surface area contributed by atoms with Crippen molar-refractivity contribution in [1.82, 2.24) is 5.16 Å². The van der Waals surface area contributed by atoms with Crippen molar-refractivity contribution < 1.29 is 4.52 Å². The quantitative estimate of drug-likeness (QED) is 0.591. The van der Waals surface area contributed by atoms with Crippen LogP contribution in [0.1, 0.15) is 29.4 Å². The molecule has 2 nitrogen and oxygen atoms in total. The lowest BCUT2D eigenvalue weighted by Gasteiger charge is -2.25. The molecule has 0 saturated carbocycles. The van der Waals surface area contributed by atoms with E-state index in [2.05, 4.69) is 10.6 Å². The molecule has 1 atom stereocenters. The van der Waals surface area contributed by atoms with Crippen LogP contribution in [0.5, 0.6) is 0 Å². The Kier molecular flexibility index (Phi) is 1.02. The van der Waals surface area contributed by atoms with Crippen LogP contribution in [0.15, 0.2) is 16.1 Å². The molecular formula is C8H7NOS. The van der Waals surface area contributed by atoms with Crippen LogP contribution in [0.3, 0.4) is 0 Å². The van der Waals surface area contributed by atoms with Crippen molar-refractivity contribution in [3.63, 3.8) is 0 Å². The monoisotopic (exact) mass is 165 g/mol. The molecule has 2 aliphatic heterocycles. The summed E-state index contributed by atoms with van der Waals surface area (Å²) in [7, 11) is 0. The Bertz CT molecular complexity index is 329. The lowest BCUT2D eigenvalue weighted by atomic mass is 9.94. The van der Waals surface area contributed by atoms with E-state index in [0.29, 0.717) is 5.25 Å². The van der Waals surface area contributed by atoms with Crippen molar-refractivity contribution in [3.8, 4) is 0 Å². The molecule has 1 aliphatic carbocycles. The summed E-state index contributed by atoms with van der Waals surface area (Å²) >= 11 is 1.90. The van der Waals surface area contributed by atoms with E-state index in [1.165, 1.54) is 24.0 Å². The Morgan fingerprint density at radius 1 is 1.64 bits per heavy atom. The van der Waals surface area contributed by atoms with Gasteiger partial charge in [0.15, 0.2) is 5.76 Å². The molecule has 11 heavy (non-hydrogen) atoms. The zero-order valence-electron chi connectivity index (χ0n) is 5.91. The van der Waals surface area contributed by atoms with Gasteiger partial charge in [0.25, 0.3) is 0 Å². The summed E-state index contributed by atoms with van der Waals surface area (Å²) in [5, 5.41) is 6.64. The van der Waals surface area contributed by atoms with Gasteiger partial charge < -0.3 is 4.52 Å². The number of nitrogens with zero attached hydrogens (tertiary/aromatic N) is 1. The topological polar surface area (TPSA) is 26.0 Å². The summed E-state index contributed by atoms with van der Waals surface area (Å²) in [4.78, 5) is 0. The van der Waals surface area contributed by atoms with E-state index in [0.717, 1.165) is 5.76 Å². The van der Waals surface area contributed by atoms with Gasteiger partial charge in [0.2, 0.25) is 0 Å². The lowest BCUT2D eigenvalue weighted by Crippen LogP contribution is -2.07. The van der Waals surface area contributed by atoms with E-state index < -0.39 is 0 Å². The third-order valence-corrected chi connectivity index (χ3v) is 3.53. The highest BCUT2D eigenvalue weighted by atomic mass is 32.2. The second-order valence-corrected chi connectivity index (χ2v) is 3.99. The van der Waals surface area contributed by atoms with E-state index in [9.17, 15) is 0 Å². The van der Waals surface area contributed by atoms with Crippen molar-refractivity contribution in [3.05, 3.63) is 22.9 Å². The largest absolute Gasteiger partial charge is 0.356 e. The summed E-state index contributed by atoms with van der Waals surface area (Å²) in [5.41, 5.74) is 2.64. The molecule has 2 bridgehead atoms. The normalized spacial score (nSPS) is 26.5. The van der Waals surface area contributed by atoms with Crippen molar-refractivity contribution in [1.29, 1.82) is 0 Å². The maximum Gasteiger partial charge on any atom is 0.167 e. The molecule has 0 amide bonds. The second kappa shape index (κ2) is 1.91. The van der Waals surface area contributed by atoms with Crippen LogP contribution < -0.4 is 0 Å². The maximum absolute atomic E-state index is 5.16. The van der Waals surface area contributed by atoms with Crippen LogP contribution in [0, 0.1) is 0 Å². The van der Waals surface area contributed by atoms with Crippen molar-refractivity contribution >= 4 is 17.3 Å². The van der Waals surface area contributed by atoms with Crippen LogP contribution in [0.4, 0.5) is 0 Å². The van der Waals surface area contributed by atoms with Crippen LogP contribution in [0.2, 0.25) is 0 Å². The van der Waals surface area contributed by atoms with Gasteiger partial charge in [-0.2, -0.15) is 0 Å². The minimum Gasteiger partial charge on any atom is -0.356 e. The summed E-state index contributed by atoms with van der Waals surface area (Å²) in [6.07, 6.45) is 4.28. The molecular weight excluding hydrogens is 158 g/mol. The van der Waals surface area contributed by atoms with Gasteiger partial charge in [-0.05, 0) is 18.2 Å². The first-order valence-corrected chi connectivity index (χ1v) is 4.69. The molecule has 3 aliphatic rings. The number of hydrogen-bond acceptors (Lipinski definition) is 3. The minimum atomic E-state index is 0.619. The van der Waals surface area contributed by atoms with Gasteiger partial charge in [-0.1, -0.05) is 5.16 Å². The molecule has 1 aromatic rings. The van der Waals surface area contributed by atoms with Gasteiger partial charge in [0.05, 0.1) is 6.20 Å². The molecule has 0 saturated heterocycles. The fourth-order valence-electron chi connectivity index (χ4n) is 1.69. The number of hydrogen-bond donors (Lipinski definition) is 0. The summed E-state index contributed by atoms with van der Waals surface area (Å²) in [6.45, 7) is 0. The SMILES string of the molecule is C1=C2CCC(S1)c1cnoc12. The standard InChI is InChI=1S/C8H7NOS/c1-2-7-6-3-9-10-8(6)5(1)4-11-7/h3-4,7H,1-2H2. The highest BCUT2D eigenvalue weighted by Crippen LogP contribution is 2.50. The van der Waals surface area contributed by atoms with Crippen LogP contribution in [-0.2, 0) is 0 Å². The van der Waals surface area contributed by atoms with Gasteiger partial charge in [0.1, 0.15) is 0 Å². The first kappa shape index (κ1) is 5.89. The zero-order chi connectivity index (χ0) is 7.26. The molecule has 3 heteroatoms. The van der Waals surface area contributed by atoms with E-state index in [4.69, 9.17) is 4.52 Å². The molecule has 0 radical (unpaired) electrons. The van der Waals surface area contributed by atoms with Crippen LogP contribution >= 0.6 is 11.8 Å². The van der Waals surface area contributed by atoms with E-state index in [-0.39, 0.29) is 0 Å². The summed E-state index contributed by atoms with van der Waals surface area (Å²) < 4.78 is 5.16. The fourth-order valence-corrected chi connectivity index (χ4v) is 2.82. The predicted molar refractivity (Wildman–Crippen MR) is 44.0 cm³/mol. The van der Waals surface area contributed by atoms with E-state index >= 15 is 0 Å². The average Bonchev–Trinajstić information content (AvgIpc) is 2.55. The van der Waals surface area contributed by atoms with Gasteiger partial charge in [-0.15, -0.1) is 11.8 Å². The van der Waals surface area contributed by atoms with E-state index in [1.807, 2.05) is 18.0 Å². The smallest absolute Gasteiger partial charge is 0.167 e. The Hall–Kier alpha value is -0.700. The number of thioether (sulfide) groups is 1. The lowest BCUT2D eigenvalue weighted by molar-refractivity contribution is 0.405. The Balaban J connectivity index is 2.30. The van der Waals surface area contributed by atoms with Gasteiger partial charge >= 0.3 is 0 Å². The molecule has 1 unspecified atom stereocenters. The molecule has 0 fully saturated rings. The van der Waals surface area contributed by atoms with Crippen molar-refractivity contribution in [2.75, 3.05) is 0 Å². The molecule has 0 spiro atoms. The highest BCUT2D eigenvalue weighted by Gasteiger charge is 2.31. The summed E-state index contributed by atoms with van der Waals surface area (Å²) in [5.74, 6) is 1.04. The van der Waals surface area contributed by atoms with E-state index in [1.54, 1.807) is 0 Å². The number of fused-ring (bicyclic) bond motifs is 2. The third kappa shape index (κ3) is 0.665. The first-order chi connectivity index (χ1) is 5.45. The molecule has 56 valence electrons. The van der Waals surface area contributed by atoms with Gasteiger partial charge in [0, 0.05) is 16.4 Å². The molecule has 4 rings (SSSR count). The fraction of sp³-hybridized carbons (Fsp3) is 0.375. The van der Waals surface area contributed by atoms with Crippen molar-refractivity contribution in [2.45, 2.75) is 18.1 Å². The molecule has 1 aromatic heterocycles. The van der Waals surface area contributed by atoms with Gasteiger partial charge in [-0.25, -0.2) is 0 Å². The van der Waals surface area contributed by atoms with Crippen molar-refractivity contribution in [2.24, 2.45) is 0 Å². The molecule has 0 N–H and O–H groups in total. The summed E-state index contributed by atoms with van der Waals surface area (Å²) in [6, 6.07) is 0. The predicted octanol–water partition coefficient (Wildman–Crippen LogP) is 2.60. The minimum absolute atomic E-state index is 0.619. The molecule has 3 heterocycles. The highest BCUT2D eigenvalue weighted by molar-refractivity contribution is 8.02. The third-order valence-electron chi connectivity index (χ3n) is 2.29. The number of allylic oxidation sites excluding steroid dienone is 1. The Labute approximate surface area is 68.6 Å². The average molecular weight is 165 g/mol. The second-order valence-electron chi connectivity index (χ2n) is 2.92. The number of aromatic nitrogens is 1. The molecule has 0 aromatic carbocycles. The first-order valence-electron chi connectivity index (χ1n) is 3.74. The van der Waals surface area contributed by atoms with Crippen LogP contribution in [-0.4, -0.2) is 5.16 Å². The van der Waals surface area contributed by atoms with Crippen LogP contribution in [0.25, 0.3) is 5.57 Å². The Morgan fingerprint density at radius 2 is 2.64 bits per heavy atom. The number of rotatable bonds is 0. The van der Waals surface area contributed by atoms with Gasteiger partial charge in [-0.3, -0.25) is 0 Å².